The van der Waals surface area contributed by atoms with E-state index in [4.69, 9.17) is 5.11 Å². The molecule has 4 aromatic heterocycles. The molecule has 0 fully saturated rings. The van der Waals surface area contributed by atoms with Gasteiger partial charge in [-0.2, -0.15) is 0 Å². The Morgan fingerprint density at radius 2 is 0.576 bits per heavy atom. The fourth-order valence-electron chi connectivity index (χ4n) is 6.19. The first-order valence-corrected chi connectivity index (χ1v) is 23.5. The van der Waals surface area contributed by atoms with Crippen molar-refractivity contribution in [2.24, 2.45) is 23.7 Å². The van der Waals surface area contributed by atoms with Crippen LogP contribution in [0.5, 0.6) is 0 Å². The van der Waals surface area contributed by atoms with E-state index in [1.54, 1.807) is 18.3 Å². The minimum absolute atomic E-state index is 0.264. The number of carbonyl (C=O) groups is 1. The van der Waals surface area contributed by atoms with Gasteiger partial charge < -0.3 is 5.11 Å². The van der Waals surface area contributed by atoms with Gasteiger partial charge in [-0.3, -0.25) is 19.9 Å². The smallest absolute Gasteiger partial charge is 0.337 e. The number of aromatic nitrogens is 4. The maximum atomic E-state index is 10.9. The Hall–Kier alpha value is -6.01. The first kappa shape index (κ1) is 58.0. The van der Waals surface area contributed by atoms with E-state index in [-0.39, 0.29) is 5.56 Å². The molecule has 1 N–H and O–H groups in total. The van der Waals surface area contributed by atoms with Crippen LogP contribution in [0.2, 0.25) is 0 Å². The molecule has 6 heteroatoms. The zero-order valence-corrected chi connectivity index (χ0v) is 44.0. The fraction of sp³-hybridized carbons (Fsp3) is 0.383. The molecule has 0 radical (unpaired) electrons. The molecular weight excluding hydrogens is 809 g/mol. The Morgan fingerprint density at radius 3 is 0.818 bits per heavy atom. The average Bonchev–Trinajstić information content (AvgIpc) is 3.20. The molecule has 0 spiro atoms. The van der Waals surface area contributed by atoms with Crippen molar-refractivity contribution in [3.63, 3.8) is 0 Å². The van der Waals surface area contributed by atoms with E-state index in [0.29, 0.717) is 5.52 Å². The van der Waals surface area contributed by atoms with Crippen molar-refractivity contribution < 1.29 is 9.90 Å². The Kier molecular flexibility index (Phi) is 26.6. The van der Waals surface area contributed by atoms with E-state index in [1.165, 1.54) is 49.5 Å². The molecule has 0 saturated carbocycles. The second-order valence-corrected chi connectivity index (χ2v) is 19.6. The number of hydrogen-bond acceptors (Lipinski definition) is 5. The van der Waals surface area contributed by atoms with Crippen molar-refractivity contribution in [3.8, 4) is 0 Å². The van der Waals surface area contributed by atoms with E-state index in [9.17, 15) is 4.79 Å². The number of carboxylic acids is 1. The normalized spacial score (nSPS) is 10.1. The molecule has 4 aromatic carbocycles. The summed E-state index contributed by atoms with van der Waals surface area (Å²) in [6, 6.07) is 32.4. The minimum atomic E-state index is -0.933. The van der Waals surface area contributed by atoms with Crippen LogP contribution in [0.25, 0.3) is 43.6 Å². The van der Waals surface area contributed by atoms with Crippen LogP contribution in [0.1, 0.15) is 132 Å². The van der Waals surface area contributed by atoms with Crippen molar-refractivity contribution >= 4 is 49.6 Å². The number of hydrogen-bond donors (Lipinski definition) is 1. The maximum Gasteiger partial charge on any atom is 0.337 e. The number of rotatable bonds is 1. The van der Waals surface area contributed by atoms with Gasteiger partial charge in [0, 0.05) is 46.3 Å². The van der Waals surface area contributed by atoms with Crippen molar-refractivity contribution in [2.75, 3.05) is 0 Å². The zero-order valence-electron chi connectivity index (χ0n) is 44.0. The molecule has 0 bridgehead atoms. The van der Waals surface area contributed by atoms with Gasteiger partial charge in [-0.25, -0.2) is 4.79 Å². The molecule has 0 atom stereocenters. The van der Waals surface area contributed by atoms with E-state index in [0.717, 1.165) is 51.2 Å². The summed E-state index contributed by atoms with van der Waals surface area (Å²) in [5, 5.41) is 13.5. The van der Waals surface area contributed by atoms with Crippen molar-refractivity contribution in [1.29, 1.82) is 0 Å². The van der Waals surface area contributed by atoms with Crippen LogP contribution >= 0.6 is 0 Å². The van der Waals surface area contributed by atoms with E-state index in [2.05, 4.69) is 199 Å². The molecule has 8 aromatic rings. The lowest BCUT2D eigenvalue weighted by Crippen LogP contribution is -1.99. The Labute approximate surface area is 399 Å². The van der Waals surface area contributed by atoms with Crippen LogP contribution < -0.4 is 0 Å². The number of aryl methyl sites for hydroxylation is 7. The number of pyridine rings is 4. The van der Waals surface area contributed by atoms with Gasteiger partial charge >= 0.3 is 5.97 Å². The number of fused-ring (bicyclic) bond motifs is 4. The van der Waals surface area contributed by atoms with Crippen molar-refractivity contribution in [2.45, 2.75) is 132 Å². The molecule has 66 heavy (non-hydrogen) atoms. The van der Waals surface area contributed by atoms with Gasteiger partial charge in [-0.15, -0.1) is 0 Å². The highest BCUT2D eigenvalue weighted by Crippen LogP contribution is 2.20. The highest BCUT2D eigenvalue weighted by atomic mass is 16.4. The third-order valence-corrected chi connectivity index (χ3v) is 8.20. The van der Waals surface area contributed by atoms with Crippen LogP contribution in [-0.2, 0) is 0 Å². The van der Waals surface area contributed by atoms with E-state index < -0.39 is 5.97 Å². The molecule has 0 amide bonds. The van der Waals surface area contributed by atoms with Crippen molar-refractivity contribution in [3.05, 3.63) is 166 Å². The van der Waals surface area contributed by atoms with Gasteiger partial charge in [0.25, 0.3) is 0 Å². The summed E-state index contributed by atoms with van der Waals surface area (Å²) in [6.07, 6.45) is 7.12. The van der Waals surface area contributed by atoms with E-state index in [1.807, 2.05) is 55.8 Å². The van der Waals surface area contributed by atoms with Gasteiger partial charge in [-0.1, -0.05) is 142 Å². The number of benzene rings is 4. The van der Waals surface area contributed by atoms with Gasteiger partial charge in [0.15, 0.2) is 0 Å². The van der Waals surface area contributed by atoms with Crippen LogP contribution in [0.3, 0.4) is 0 Å². The Balaban J connectivity index is 0.000000397. The second kappa shape index (κ2) is 30.2. The lowest BCUT2D eigenvalue weighted by molar-refractivity contribution is 0.0698. The van der Waals surface area contributed by atoms with Gasteiger partial charge in [0.2, 0.25) is 0 Å². The van der Waals surface area contributed by atoms with Crippen LogP contribution in [0.15, 0.2) is 122 Å². The quantitative estimate of drug-likeness (QED) is 0.177. The molecule has 354 valence electrons. The molecule has 6 nitrogen and oxygen atoms in total. The molecule has 0 unspecified atom stereocenters. The highest BCUT2D eigenvalue weighted by Gasteiger charge is 2.09. The third kappa shape index (κ3) is 23.3. The Morgan fingerprint density at radius 1 is 0.364 bits per heavy atom. The highest BCUT2D eigenvalue weighted by molar-refractivity contribution is 6.02. The first-order valence-electron chi connectivity index (χ1n) is 23.5. The first-order chi connectivity index (χ1) is 30.9. The molecular formula is C60H82N4O2. The summed E-state index contributed by atoms with van der Waals surface area (Å²) >= 11 is 0. The van der Waals surface area contributed by atoms with Gasteiger partial charge in [0.05, 0.1) is 27.6 Å². The summed E-state index contributed by atoms with van der Waals surface area (Å²) in [5.74, 6) is 2.40. The molecule has 8 rings (SSSR count). The SMILES string of the molecule is CC(C)C.CC(C)C.CC(C)C.CC(C)C.Cc1cc(C(=O)O)c2ncccc2c1.Cc1cc(C)c2ncccc2c1.Cc1cc(C)c2ncccc2c1.Cc1cc(C)c2ncccc2c1. The largest absolute Gasteiger partial charge is 0.478 e. The second-order valence-electron chi connectivity index (χ2n) is 19.6. The molecule has 0 saturated heterocycles. The summed E-state index contributed by atoms with van der Waals surface area (Å²) in [5.41, 5.74) is 12.7. The number of nitrogens with zero attached hydrogens (tertiary/aromatic N) is 4. The van der Waals surface area contributed by atoms with E-state index >= 15 is 0 Å². The molecule has 0 aliphatic carbocycles. The molecule has 0 aliphatic heterocycles. The van der Waals surface area contributed by atoms with Crippen LogP contribution in [0.4, 0.5) is 0 Å². The third-order valence-electron chi connectivity index (χ3n) is 8.20. The van der Waals surface area contributed by atoms with Gasteiger partial charge in [-0.05, 0) is 149 Å². The monoisotopic (exact) mass is 891 g/mol. The predicted molar refractivity (Wildman–Crippen MR) is 289 cm³/mol. The molecule has 4 heterocycles. The van der Waals surface area contributed by atoms with Crippen molar-refractivity contribution in [1.82, 2.24) is 19.9 Å². The van der Waals surface area contributed by atoms with Gasteiger partial charge in [0.1, 0.15) is 0 Å². The number of carboxylic acid groups (broad SMARTS) is 1. The fourth-order valence-corrected chi connectivity index (χ4v) is 6.19. The zero-order chi connectivity index (χ0) is 50.1. The topological polar surface area (TPSA) is 88.9 Å². The predicted octanol–water partition coefficient (Wildman–Crippen LogP) is 17.4. The average molecular weight is 891 g/mol. The standard InChI is InChI=1S/C11H9NO2.3C11H11N.4C4H10/c1-7-5-8-3-2-4-12-10(8)9(6-7)11(13)14;3*1-8-6-9(2)11-10(7-8)4-3-5-12-11;4*1-4(2)3/h2-6H,1H3,(H,13,14);3*3-7H,1-2H3;4*4H,1-3H3. The van der Waals surface area contributed by atoms with Crippen LogP contribution in [-0.4, -0.2) is 31.0 Å². The number of aromatic carboxylic acids is 1. The summed E-state index contributed by atoms with van der Waals surface area (Å²) < 4.78 is 0. The minimum Gasteiger partial charge on any atom is -0.478 e. The lowest BCUT2D eigenvalue weighted by atomic mass is 10.1. The lowest BCUT2D eigenvalue weighted by Gasteiger charge is -2.02. The Bertz CT molecular complexity index is 2430. The van der Waals surface area contributed by atoms with Crippen LogP contribution in [0, 0.1) is 72.1 Å². The summed E-state index contributed by atoms with van der Waals surface area (Å²) in [7, 11) is 0. The molecule has 0 aliphatic rings. The summed E-state index contributed by atoms with van der Waals surface area (Å²) in [4.78, 5) is 28.0. The summed E-state index contributed by atoms with van der Waals surface area (Å²) in [6.45, 7) is 40.5. The maximum absolute atomic E-state index is 10.9.